The van der Waals surface area contributed by atoms with Gasteiger partial charge in [0.2, 0.25) is 5.41 Å². The summed E-state index contributed by atoms with van der Waals surface area (Å²) >= 11 is 0. The molecule has 0 aliphatic heterocycles. The first-order valence-electron chi connectivity index (χ1n) is 14.6. The van der Waals surface area contributed by atoms with Crippen molar-refractivity contribution in [2.45, 2.75) is 70.1 Å². The van der Waals surface area contributed by atoms with Crippen LogP contribution in [0.1, 0.15) is 74.6 Å². The Morgan fingerprint density at radius 2 is 0.889 bits per heavy atom. The average molecular weight is 631 g/mol. The Kier molecular flexibility index (Phi) is 9.65. The summed E-state index contributed by atoms with van der Waals surface area (Å²) in [5, 5.41) is 0. The summed E-state index contributed by atoms with van der Waals surface area (Å²) < 4.78 is 103. The first-order valence-corrected chi connectivity index (χ1v) is 14.6. The van der Waals surface area contributed by atoms with Crippen molar-refractivity contribution < 1.29 is 35.8 Å². The second-order valence-electron chi connectivity index (χ2n) is 11.2. The summed E-state index contributed by atoms with van der Waals surface area (Å²) in [6.07, 6.45) is -10.6. The highest BCUT2D eigenvalue weighted by Crippen LogP contribution is 2.57. The van der Waals surface area contributed by atoms with E-state index in [0.717, 1.165) is 24.3 Å². The molecule has 240 valence electrons. The van der Waals surface area contributed by atoms with Crippen LogP contribution in [0.4, 0.5) is 37.7 Å². The number of hydrogen-bond acceptors (Lipinski definition) is 4. The molecule has 2 atom stereocenters. The second-order valence-corrected chi connectivity index (χ2v) is 11.2. The third kappa shape index (κ3) is 6.70. The minimum Gasteiger partial charge on any atom is -0.457 e. The predicted octanol–water partition coefficient (Wildman–Crippen LogP) is 10.9. The highest BCUT2D eigenvalue weighted by molar-refractivity contribution is 5.54. The van der Waals surface area contributed by atoms with Crippen LogP contribution in [0.2, 0.25) is 0 Å². The van der Waals surface area contributed by atoms with E-state index in [2.05, 4.69) is 0 Å². The molecule has 0 aliphatic rings. The molecule has 4 aromatic carbocycles. The lowest BCUT2D eigenvalue weighted by Crippen LogP contribution is -2.54. The molecule has 0 aromatic heterocycles. The van der Waals surface area contributed by atoms with Gasteiger partial charge < -0.3 is 20.9 Å². The average Bonchev–Trinajstić information content (AvgIpc) is 2.98. The van der Waals surface area contributed by atoms with Crippen LogP contribution in [-0.2, 0) is 5.41 Å². The van der Waals surface area contributed by atoms with E-state index in [1.807, 2.05) is 0 Å². The first kappa shape index (κ1) is 33.6. The molecular weight excluding hydrogens is 594 g/mol. The molecule has 10 heteroatoms. The molecule has 4 nitrogen and oxygen atoms in total. The van der Waals surface area contributed by atoms with Crippen molar-refractivity contribution in [3.63, 3.8) is 0 Å². The van der Waals surface area contributed by atoms with Gasteiger partial charge in [-0.1, -0.05) is 52.0 Å². The number of anilines is 2. The van der Waals surface area contributed by atoms with Crippen LogP contribution < -0.4 is 20.9 Å². The minimum atomic E-state index is -5.76. The Bertz CT molecular complexity index is 1480. The topological polar surface area (TPSA) is 70.5 Å². The van der Waals surface area contributed by atoms with Gasteiger partial charge in [0.1, 0.15) is 23.0 Å². The molecular formula is C35H36F6N2O2. The number of nitrogen functional groups attached to an aromatic ring is 2. The van der Waals surface area contributed by atoms with Gasteiger partial charge in [-0.15, -0.1) is 0 Å². The third-order valence-corrected chi connectivity index (χ3v) is 8.24. The minimum absolute atomic E-state index is 0.156. The molecule has 0 saturated heterocycles. The zero-order chi connectivity index (χ0) is 33.2. The number of benzene rings is 4. The van der Waals surface area contributed by atoms with E-state index >= 15 is 26.3 Å². The Morgan fingerprint density at radius 3 is 1.18 bits per heavy atom. The number of alkyl halides is 6. The SMILES string of the molecule is CCC(C)c1cc(C(c2ccc(Oc3ccc(N)cc3)c(C(C)CC)c2)(C(F)(F)F)C(F)(F)F)ccc1Oc1ccc(N)cc1. The maximum atomic E-state index is 15.2. The Hall–Kier alpha value is -4.34. The summed E-state index contributed by atoms with van der Waals surface area (Å²) in [5.41, 5.74) is 6.60. The summed E-state index contributed by atoms with van der Waals surface area (Å²) in [6.45, 7) is 7.04. The monoisotopic (exact) mass is 630 g/mol. The standard InChI is InChI=1S/C35H36F6N2O2/c1-5-21(3)29-19-23(7-17-31(29)44-27-13-9-25(42)10-14-27)33(34(36,37)38,35(39,40)41)24-8-18-32(30(20-24)22(4)6-2)45-28-15-11-26(43)12-16-28/h7-22H,5-6,42-43H2,1-4H3. The molecule has 4 aromatic rings. The van der Waals surface area contributed by atoms with Crippen LogP contribution in [0.3, 0.4) is 0 Å². The zero-order valence-corrected chi connectivity index (χ0v) is 25.4. The molecule has 0 bridgehead atoms. The Labute approximate surface area is 259 Å². The van der Waals surface area contributed by atoms with Crippen LogP contribution in [0.5, 0.6) is 23.0 Å². The third-order valence-electron chi connectivity index (χ3n) is 8.24. The van der Waals surface area contributed by atoms with Gasteiger partial charge in [0.15, 0.2) is 0 Å². The number of nitrogens with two attached hydrogens (primary N) is 2. The lowest BCUT2D eigenvalue weighted by molar-refractivity contribution is -0.288. The fourth-order valence-electron chi connectivity index (χ4n) is 5.27. The summed E-state index contributed by atoms with van der Waals surface area (Å²) in [7, 11) is 0. The van der Waals surface area contributed by atoms with Crippen molar-refractivity contribution in [2.24, 2.45) is 0 Å². The van der Waals surface area contributed by atoms with Crippen molar-refractivity contribution in [3.8, 4) is 23.0 Å². The summed E-state index contributed by atoms with van der Waals surface area (Å²) in [4.78, 5) is 0. The molecule has 4 rings (SSSR count). The van der Waals surface area contributed by atoms with Gasteiger partial charge in [-0.25, -0.2) is 0 Å². The molecule has 0 heterocycles. The van der Waals surface area contributed by atoms with Crippen molar-refractivity contribution in [1.82, 2.24) is 0 Å². The fourth-order valence-corrected chi connectivity index (χ4v) is 5.27. The van der Waals surface area contributed by atoms with Gasteiger partial charge in [0.25, 0.3) is 0 Å². The number of halogens is 6. The fraction of sp³-hybridized carbons (Fsp3) is 0.314. The van der Waals surface area contributed by atoms with E-state index in [1.165, 1.54) is 12.1 Å². The number of ether oxygens (including phenoxy) is 2. The van der Waals surface area contributed by atoms with E-state index in [0.29, 0.717) is 35.7 Å². The Balaban J connectivity index is 1.95. The largest absolute Gasteiger partial charge is 0.457 e. The molecule has 0 spiro atoms. The van der Waals surface area contributed by atoms with Crippen LogP contribution in [0.15, 0.2) is 84.9 Å². The Morgan fingerprint density at radius 1 is 0.556 bits per heavy atom. The van der Waals surface area contributed by atoms with Crippen LogP contribution in [0, 0.1) is 0 Å². The van der Waals surface area contributed by atoms with Crippen molar-refractivity contribution in [2.75, 3.05) is 11.5 Å². The van der Waals surface area contributed by atoms with Gasteiger partial charge in [0.05, 0.1) is 0 Å². The van der Waals surface area contributed by atoms with Crippen LogP contribution in [0.25, 0.3) is 0 Å². The van der Waals surface area contributed by atoms with Crippen LogP contribution in [-0.4, -0.2) is 12.4 Å². The van der Waals surface area contributed by atoms with Gasteiger partial charge in [-0.2, -0.15) is 26.3 Å². The molecule has 0 radical (unpaired) electrons. The molecule has 45 heavy (non-hydrogen) atoms. The van der Waals surface area contributed by atoms with Crippen molar-refractivity contribution >= 4 is 11.4 Å². The van der Waals surface area contributed by atoms with E-state index < -0.39 is 40.7 Å². The van der Waals surface area contributed by atoms with Gasteiger partial charge in [0, 0.05) is 11.4 Å². The maximum Gasteiger partial charge on any atom is 0.411 e. The normalized spacial score (nSPS) is 13.7. The summed E-state index contributed by atoms with van der Waals surface area (Å²) in [5.74, 6) is 0.162. The van der Waals surface area contributed by atoms with Crippen LogP contribution >= 0.6 is 0 Å². The second kappa shape index (κ2) is 12.9. The smallest absolute Gasteiger partial charge is 0.411 e. The molecule has 0 aliphatic carbocycles. The molecule has 4 N–H and O–H groups in total. The number of rotatable bonds is 10. The molecule has 2 unspecified atom stereocenters. The van der Waals surface area contributed by atoms with Gasteiger partial charge in [-0.05, 0) is 108 Å². The van der Waals surface area contributed by atoms with Crippen molar-refractivity contribution in [1.29, 1.82) is 0 Å². The number of hydrogen-bond donors (Lipinski definition) is 2. The molecule has 0 saturated carbocycles. The zero-order valence-electron chi connectivity index (χ0n) is 25.4. The summed E-state index contributed by atoms with van der Waals surface area (Å²) in [6, 6.07) is 18.6. The first-order chi connectivity index (χ1) is 21.1. The van der Waals surface area contributed by atoms with E-state index in [9.17, 15) is 0 Å². The lowest BCUT2D eigenvalue weighted by atomic mass is 9.71. The highest BCUT2D eigenvalue weighted by atomic mass is 19.4. The predicted molar refractivity (Wildman–Crippen MR) is 165 cm³/mol. The van der Waals surface area contributed by atoms with Gasteiger partial charge >= 0.3 is 12.4 Å². The van der Waals surface area contributed by atoms with Gasteiger partial charge in [-0.3, -0.25) is 0 Å². The van der Waals surface area contributed by atoms with E-state index in [1.54, 1.807) is 76.2 Å². The molecule has 0 fully saturated rings. The van der Waals surface area contributed by atoms with E-state index in [4.69, 9.17) is 20.9 Å². The highest BCUT2D eigenvalue weighted by Gasteiger charge is 2.72. The van der Waals surface area contributed by atoms with Crippen molar-refractivity contribution in [3.05, 3.63) is 107 Å². The maximum absolute atomic E-state index is 15.2. The molecule has 0 amide bonds. The quantitative estimate of drug-likeness (QED) is 0.135. The lowest BCUT2D eigenvalue weighted by Gasteiger charge is -2.39. The van der Waals surface area contributed by atoms with E-state index in [-0.39, 0.29) is 22.6 Å².